The molecule has 6 nitrogen and oxygen atoms in total. The van der Waals surface area contributed by atoms with E-state index in [1.54, 1.807) is 0 Å². The second-order valence-electron chi connectivity index (χ2n) is 5.44. The summed E-state index contributed by atoms with van der Waals surface area (Å²) in [6.45, 7) is 2.40. The fraction of sp³-hybridized carbons (Fsp3) is 0.769. The van der Waals surface area contributed by atoms with Crippen LogP contribution >= 0.6 is 0 Å². The highest BCUT2D eigenvalue weighted by Gasteiger charge is 2.29. The molecule has 1 aliphatic heterocycles. The molecule has 0 amide bonds. The molecule has 19 heavy (non-hydrogen) atoms. The van der Waals surface area contributed by atoms with Crippen LogP contribution in [0.2, 0.25) is 0 Å². The van der Waals surface area contributed by atoms with Crippen molar-refractivity contribution < 1.29 is 14.1 Å². The van der Waals surface area contributed by atoms with Gasteiger partial charge in [-0.25, -0.2) is 0 Å². The maximum atomic E-state index is 11.5. The number of hydrogen-bond donors (Lipinski definition) is 0. The van der Waals surface area contributed by atoms with Gasteiger partial charge >= 0.3 is 0 Å². The van der Waals surface area contributed by atoms with Crippen LogP contribution in [-0.2, 0) is 9.53 Å². The number of nitrogens with zero attached hydrogens (tertiary/aromatic N) is 3. The first-order chi connectivity index (χ1) is 9.22. The van der Waals surface area contributed by atoms with Gasteiger partial charge in [-0.3, -0.25) is 4.79 Å². The molecule has 3 rings (SSSR count). The average Bonchev–Trinajstić information content (AvgIpc) is 2.88. The van der Waals surface area contributed by atoms with Crippen molar-refractivity contribution in [2.45, 2.75) is 37.7 Å². The highest BCUT2D eigenvalue weighted by molar-refractivity contribution is 5.79. The molecule has 6 heteroatoms. The molecule has 1 aromatic heterocycles. The summed E-state index contributed by atoms with van der Waals surface area (Å²) < 4.78 is 11.0. The number of morpholine rings is 1. The summed E-state index contributed by atoms with van der Waals surface area (Å²) in [5.41, 5.74) is 0. The molecular formula is C13H19N3O3. The van der Waals surface area contributed by atoms with Gasteiger partial charge in [0.05, 0.1) is 6.61 Å². The lowest BCUT2D eigenvalue weighted by molar-refractivity contribution is -0.120. The summed E-state index contributed by atoms with van der Waals surface area (Å²) >= 11 is 0. The van der Waals surface area contributed by atoms with Crippen molar-refractivity contribution in [2.75, 3.05) is 26.7 Å². The predicted octanol–water partition coefficient (Wildman–Crippen LogP) is 1.30. The zero-order valence-electron chi connectivity index (χ0n) is 11.2. The molecule has 2 heterocycles. The van der Waals surface area contributed by atoms with Crippen LogP contribution in [-0.4, -0.2) is 47.6 Å². The minimum Gasteiger partial charge on any atom is -0.367 e. The summed E-state index contributed by atoms with van der Waals surface area (Å²) in [4.78, 5) is 18.1. The van der Waals surface area contributed by atoms with Crippen LogP contribution in [0.15, 0.2) is 4.52 Å². The van der Waals surface area contributed by atoms with Gasteiger partial charge < -0.3 is 14.2 Å². The number of rotatable bonds is 2. The van der Waals surface area contributed by atoms with Crippen molar-refractivity contribution in [3.63, 3.8) is 0 Å². The molecular weight excluding hydrogens is 246 g/mol. The predicted molar refractivity (Wildman–Crippen MR) is 66.7 cm³/mol. The number of aromatic nitrogens is 2. The van der Waals surface area contributed by atoms with E-state index in [2.05, 4.69) is 22.1 Å². The second-order valence-corrected chi connectivity index (χ2v) is 5.44. The summed E-state index contributed by atoms with van der Waals surface area (Å²) in [5, 5.41) is 4.03. The van der Waals surface area contributed by atoms with Crippen LogP contribution in [0, 0.1) is 0 Å². The molecule has 0 radical (unpaired) electrons. The van der Waals surface area contributed by atoms with Crippen LogP contribution in [0.5, 0.6) is 0 Å². The van der Waals surface area contributed by atoms with Gasteiger partial charge in [0.15, 0.2) is 0 Å². The van der Waals surface area contributed by atoms with Gasteiger partial charge in [-0.15, -0.1) is 0 Å². The molecule has 2 atom stereocenters. The second kappa shape index (κ2) is 5.38. The third-order valence-electron chi connectivity index (χ3n) is 3.85. The van der Waals surface area contributed by atoms with Crippen molar-refractivity contribution in [3.05, 3.63) is 11.7 Å². The fourth-order valence-electron chi connectivity index (χ4n) is 2.71. The van der Waals surface area contributed by atoms with Crippen LogP contribution in [0.1, 0.15) is 49.4 Å². The first-order valence-electron chi connectivity index (χ1n) is 6.87. The smallest absolute Gasteiger partial charge is 0.230 e. The van der Waals surface area contributed by atoms with Gasteiger partial charge in [0.1, 0.15) is 11.9 Å². The first kappa shape index (κ1) is 12.7. The van der Waals surface area contributed by atoms with Gasteiger partial charge in [-0.05, 0) is 19.9 Å². The lowest BCUT2D eigenvalue weighted by Crippen LogP contribution is -2.35. The Morgan fingerprint density at radius 1 is 1.42 bits per heavy atom. The van der Waals surface area contributed by atoms with Crippen molar-refractivity contribution in [1.82, 2.24) is 15.0 Å². The monoisotopic (exact) mass is 265 g/mol. The standard InChI is InChI=1S/C13H19N3O3/c1-16-5-6-18-11(8-16)12-14-13(19-15-12)9-3-2-4-10(17)7-9/h9,11H,2-8H2,1H3. The Morgan fingerprint density at radius 3 is 3.11 bits per heavy atom. The van der Waals surface area contributed by atoms with E-state index in [0.29, 0.717) is 36.9 Å². The summed E-state index contributed by atoms with van der Waals surface area (Å²) in [7, 11) is 2.05. The fourth-order valence-corrected chi connectivity index (χ4v) is 2.71. The summed E-state index contributed by atoms with van der Waals surface area (Å²) in [6, 6.07) is 0. The zero-order valence-corrected chi connectivity index (χ0v) is 11.2. The van der Waals surface area contributed by atoms with Crippen molar-refractivity contribution in [3.8, 4) is 0 Å². The Kier molecular flexibility index (Phi) is 3.61. The summed E-state index contributed by atoms with van der Waals surface area (Å²) in [6.07, 6.45) is 2.99. The quantitative estimate of drug-likeness (QED) is 0.803. The first-order valence-corrected chi connectivity index (χ1v) is 6.87. The highest BCUT2D eigenvalue weighted by atomic mass is 16.5. The SMILES string of the molecule is CN1CCOC(c2noc(C3CCCC(=O)C3)n2)C1. The number of hydrogen-bond acceptors (Lipinski definition) is 6. The minimum atomic E-state index is -0.115. The van der Waals surface area contributed by atoms with Crippen molar-refractivity contribution >= 4 is 5.78 Å². The number of carbonyl (C=O) groups is 1. The third kappa shape index (κ3) is 2.84. The summed E-state index contributed by atoms with van der Waals surface area (Å²) in [5.74, 6) is 1.60. The lowest BCUT2D eigenvalue weighted by Gasteiger charge is -2.27. The van der Waals surface area contributed by atoms with E-state index in [9.17, 15) is 4.79 Å². The molecule has 2 aliphatic rings. The highest BCUT2D eigenvalue weighted by Crippen LogP contribution is 2.30. The molecule has 0 spiro atoms. The molecule has 1 saturated carbocycles. The molecule has 1 aromatic rings. The molecule has 2 unspecified atom stereocenters. The third-order valence-corrected chi connectivity index (χ3v) is 3.85. The zero-order chi connectivity index (χ0) is 13.2. The van der Waals surface area contributed by atoms with Crippen LogP contribution in [0.25, 0.3) is 0 Å². The van der Waals surface area contributed by atoms with E-state index < -0.39 is 0 Å². The van der Waals surface area contributed by atoms with E-state index in [4.69, 9.17) is 9.26 Å². The van der Waals surface area contributed by atoms with E-state index in [1.807, 2.05) is 0 Å². The number of ketones is 1. The number of Topliss-reactive ketones (excluding diaryl/α,β-unsaturated/α-hetero) is 1. The van der Waals surface area contributed by atoms with Gasteiger partial charge in [0.2, 0.25) is 11.7 Å². The van der Waals surface area contributed by atoms with E-state index >= 15 is 0 Å². The Balaban J connectivity index is 1.70. The molecule has 0 bridgehead atoms. The van der Waals surface area contributed by atoms with Crippen molar-refractivity contribution in [1.29, 1.82) is 0 Å². The van der Waals surface area contributed by atoms with Crippen molar-refractivity contribution in [2.24, 2.45) is 0 Å². The number of carbonyl (C=O) groups excluding carboxylic acids is 1. The maximum Gasteiger partial charge on any atom is 0.230 e. The number of ether oxygens (including phenoxy) is 1. The van der Waals surface area contributed by atoms with E-state index in [-0.39, 0.29) is 12.0 Å². The Bertz CT molecular complexity index is 460. The minimum absolute atomic E-state index is 0.101. The van der Waals surface area contributed by atoms with Crippen LogP contribution in [0.4, 0.5) is 0 Å². The van der Waals surface area contributed by atoms with Gasteiger partial charge in [0, 0.05) is 31.8 Å². The Labute approximate surface area is 112 Å². The molecule has 1 saturated heterocycles. The van der Waals surface area contributed by atoms with Crippen LogP contribution < -0.4 is 0 Å². The maximum absolute atomic E-state index is 11.5. The molecule has 1 aliphatic carbocycles. The van der Waals surface area contributed by atoms with Gasteiger partial charge in [-0.2, -0.15) is 4.98 Å². The van der Waals surface area contributed by atoms with Gasteiger partial charge in [-0.1, -0.05) is 5.16 Å². The largest absolute Gasteiger partial charge is 0.367 e. The van der Waals surface area contributed by atoms with Crippen LogP contribution in [0.3, 0.4) is 0 Å². The topological polar surface area (TPSA) is 68.5 Å². The Hall–Kier alpha value is -1.27. The van der Waals surface area contributed by atoms with Gasteiger partial charge in [0.25, 0.3) is 0 Å². The van der Waals surface area contributed by atoms with E-state index in [0.717, 1.165) is 25.9 Å². The molecule has 2 fully saturated rings. The normalized spacial score (nSPS) is 29.6. The molecule has 0 aromatic carbocycles. The molecule has 104 valence electrons. The average molecular weight is 265 g/mol. The number of likely N-dealkylation sites (N-methyl/N-ethyl adjacent to an activating group) is 1. The molecule has 0 N–H and O–H groups in total. The lowest BCUT2D eigenvalue weighted by atomic mass is 9.88. The Morgan fingerprint density at radius 2 is 2.32 bits per heavy atom. The van der Waals surface area contributed by atoms with E-state index in [1.165, 1.54) is 0 Å².